The Balaban J connectivity index is 0.00000361. The third kappa shape index (κ3) is 6.44. The van der Waals surface area contributed by atoms with E-state index >= 15 is 4.39 Å². The third-order valence-electron chi connectivity index (χ3n) is 6.57. The SMILES string of the molecule is Cl.N[C@H]1CS(=O)(=O)c2cc(F)c(C(=O)CCCC3CCOCC3)cc2N(Cc2ccc(Cl)cc2)C1=O. The Kier molecular flexibility index (Phi) is 9.51. The summed E-state index contributed by atoms with van der Waals surface area (Å²) in [5.74, 6) is -2.13. The van der Waals surface area contributed by atoms with E-state index in [1.54, 1.807) is 24.3 Å². The van der Waals surface area contributed by atoms with Crippen LogP contribution in [-0.4, -0.2) is 45.1 Å². The molecule has 36 heavy (non-hydrogen) atoms. The molecule has 0 aliphatic carbocycles. The van der Waals surface area contributed by atoms with Crippen molar-refractivity contribution in [2.75, 3.05) is 23.9 Å². The van der Waals surface area contributed by atoms with Gasteiger partial charge in [0.15, 0.2) is 15.6 Å². The second-order valence-electron chi connectivity index (χ2n) is 9.11. The lowest BCUT2D eigenvalue weighted by Gasteiger charge is -2.25. The van der Waals surface area contributed by atoms with Gasteiger partial charge in [0.25, 0.3) is 0 Å². The van der Waals surface area contributed by atoms with Crippen LogP contribution < -0.4 is 10.6 Å². The number of amides is 1. The highest BCUT2D eigenvalue weighted by atomic mass is 35.5. The number of halogens is 3. The van der Waals surface area contributed by atoms with E-state index in [4.69, 9.17) is 22.1 Å². The number of carbonyl (C=O) groups is 2. The molecule has 0 saturated carbocycles. The number of nitrogens with two attached hydrogens (primary N) is 1. The number of rotatable bonds is 7. The Morgan fingerprint density at radius 3 is 2.50 bits per heavy atom. The second-order valence-corrected chi connectivity index (χ2v) is 11.5. The van der Waals surface area contributed by atoms with Crippen LogP contribution in [0, 0.1) is 11.7 Å². The zero-order valence-electron chi connectivity index (χ0n) is 19.6. The molecule has 0 unspecified atom stereocenters. The maximum absolute atomic E-state index is 15.0. The highest BCUT2D eigenvalue weighted by molar-refractivity contribution is 7.91. The zero-order chi connectivity index (χ0) is 25.2. The first-order valence-electron chi connectivity index (χ1n) is 11.6. The van der Waals surface area contributed by atoms with Crippen molar-refractivity contribution >= 4 is 51.2 Å². The molecule has 0 radical (unpaired) electrons. The summed E-state index contributed by atoms with van der Waals surface area (Å²) >= 11 is 5.95. The maximum atomic E-state index is 15.0. The van der Waals surface area contributed by atoms with Crippen molar-refractivity contribution < 1.29 is 27.1 Å². The van der Waals surface area contributed by atoms with Crippen molar-refractivity contribution in [3.63, 3.8) is 0 Å². The van der Waals surface area contributed by atoms with Crippen molar-refractivity contribution in [1.29, 1.82) is 0 Å². The Morgan fingerprint density at radius 2 is 1.83 bits per heavy atom. The lowest BCUT2D eigenvalue weighted by Crippen LogP contribution is -2.45. The highest BCUT2D eigenvalue weighted by Gasteiger charge is 2.37. The normalized spacial score (nSPS) is 19.8. The van der Waals surface area contributed by atoms with Crippen LogP contribution >= 0.6 is 24.0 Å². The van der Waals surface area contributed by atoms with E-state index in [0.29, 0.717) is 36.1 Å². The first-order chi connectivity index (χ1) is 16.7. The van der Waals surface area contributed by atoms with E-state index in [0.717, 1.165) is 25.3 Å². The van der Waals surface area contributed by atoms with E-state index in [-0.39, 0.29) is 41.5 Å². The molecule has 2 N–H and O–H groups in total. The van der Waals surface area contributed by atoms with Crippen LogP contribution in [0.5, 0.6) is 0 Å². The minimum atomic E-state index is -4.06. The molecule has 2 aromatic carbocycles. The van der Waals surface area contributed by atoms with Crippen LogP contribution in [0.2, 0.25) is 5.02 Å². The van der Waals surface area contributed by atoms with Gasteiger partial charge in [-0.2, -0.15) is 0 Å². The molecule has 196 valence electrons. The summed E-state index contributed by atoms with van der Waals surface area (Å²) in [5.41, 5.74) is 6.33. The molecule has 2 heterocycles. The fraction of sp³-hybridized carbons (Fsp3) is 0.440. The number of benzene rings is 2. The zero-order valence-corrected chi connectivity index (χ0v) is 22.0. The number of ketones is 1. The van der Waals surface area contributed by atoms with Crippen LogP contribution in [0.15, 0.2) is 41.3 Å². The number of hydrogen-bond acceptors (Lipinski definition) is 6. The minimum Gasteiger partial charge on any atom is -0.381 e. The van der Waals surface area contributed by atoms with E-state index in [9.17, 15) is 18.0 Å². The average molecular weight is 559 g/mol. The van der Waals surface area contributed by atoms with Crippen LogP contribution in [0.3, 0.4) is 0 Å². The van der Waals surface area contributed by atoms with Crippen molar-refractivity contribution in [1.82, 2.24) is 0 Å². The summed E-state index contributed by atoms with van der Waals surface area (Å²) < 4.78 is 46.2. The molecule has 11 heteroatoms. The van der Waals surface area contributed by atoms with Crippen molar-refractivity contribution in [3.05, 3.63) is 58.4 Å². The number of carbonyl (C=O) groups excluding carboxylic acids is 2. The van der Waals surface area contributed by atoms with Crippen LogP contribution in [0.25, 0.3) is 0 Å². The average Bonchev–Trinajstić information content (AvgIpc) is 2.89. The molecule has 1 fully saturated rings. The molecule has 0 bridgehead atoms. The summed E-state index contributed by atoms with van der Waals surface area (Å²) in [6.45, 7) is 1.42. The number of Topliss-reactive ketones (excluding diaryl/α,β-unsaturated/α-hetero) is 1. The van der Waals surface area contributed by atoms with Gasteiger partial charge in [-0.25, -0.2) is 12.8 Å². The lowest BCUT2D eigenvalue weighted by molar-refractivity contribution is -0.119. The summed E-state index contributed by atoms with van der Waals surface area (Å²) in [5, 5.41) is 0.506. The molecule has 2 aromatic rings. The van der Waals surface area contributed by atoms with Gasteiger partial charge < -0.3 is 15.4 Å². The first-order valence-corrected chi connectivity index (χ1v) is 13.7. The van der Waals surface area contributed by atoms with E-state index in [1.807, 2.05) is 0 Å². The molecule has 2 aliphatic rings. The van der Waals surface area contributed by atoms with Gasteiger partial charge in [0.05, 0.1) is 34.5 Å². The number of hydrogen-bond donors (Lipinski definition) is 1. The van der Waals surface area contributed by atoms with Crippen molar-refractivity contribution in [3.8, 4) is 0 Å². The summed E-state index contributed by atoms with van der Waals surface area (Å²) in [6.07, 6.45) is 3.45. The van der Waals surface area contributed by atoms with E-state index in [2.05, 4.69) is 0 Å². The summed E-state index contributed by atoms with van der Waals surface area (Å²) in [4.78, 5) is 26.9. The fourth-order valence-electron chi connectivity index (χ4n) is 4.59. The quantitative estimate of drug-likeness (QED) is 0.507. The predicted molar refractivity (Wildman–Crippen MR) is 138 cm³/mol. The van der Waals surface area contributed by atoms with Gasteiger partial charge in [-0.1, -0.05) is 23.7 Å². The van der Waals surface area contributed by atoms with Crippen molar-refractivity contribution in [2.24, 2.45) is 11.7 Å². The Labute approximate surface area is 221 Å². The molecule has 1 saturated heterocycles. The predicted octanol–water partition coefficient (Wildman–Crippen LogP) is 4.33. The molecule has 1 atom stereocenters. The Morgan fingerprint density at radius 1 is 1.17 bits per heavy atom. The van der Waals surface area contributed by atoms with Crippen molar-refractivity contribution in [2.45, 2.75) is 49.6 Å². The Hall–Kier alpha value is -2.04. The van der Waals surface area contributed by atoms with Gasteiger partial charge >= 0.3 is 0 Å². The van der Waals surface area contributed by atoms with E-state index < -0.39 is 39.1 Å². The molecular weight excluding hydrogens is 530 g/mol. The number of sulfone groups is 1. The number of fused-ring (bicyclic) bond motifs is 1. The standard InChI is InChI=1S/C25H28ClFN2O5S.ClH/c26-18-6-4-17(5-7-18)14-29-22-12-19(23(30)3-1-2-16-8-10-34-11-9-16)20(27)13-24(22)35(32,33)15-21(28)25(29)31;/h4-7,12-13,16,21H,1-3,8-11,14-15,28H2;1H/t21-;/m0./s1. The maximum Gasteiger partial charge on any atom is 0.245 e. The third-order valence-corrected chi connectivity index (χ3v) is 8.62. The number of nitrogens with zero attached hydrogens (tertiary/aromatic N) is 1. The van der Waals surface area contributed by atoms with Gasteiger partial charge in [0.1, 0.15) is 5.82 Å². The first kappa shape index (κ1) is 28.5. The Bertz CT molecular complexity index is 1220. The van der Waals surface area contributed by atoms with Crippen LogP contribution in [0.4, 0.5) is 10.1 Å². The molecular formula is C25H29Cl2FN2O5S. The fourth-order valence-corrected chi connectivity index (χ4v) is 6.28. The van der Waals surface area contributed by atoms with Gasteiger partial charge in [0.2, 0.25) is 5.91 Å². The smallest absolute Gasteiger partial charge is 0.245 e. The molecule has 4 rings (SSSR count). The summed E-state index contributed by atoms with van der Waals surface area (Å²) in [6, 6.07) is 7.41. The highest BCUT2D eigenvalue weighted by Crippen LogP contribution is 2.34. The molecule has 0 aromatic heterocycles. The monoisotopic (exact) mass is 558 g/mol. The summed E-state index contributed by atoms with van der Waals surface area (Å²) in [7, 11) is -4.06. The molecule has 7 nitrogen and oxygen atoms in total. The number of ether oxygens (including phenoxy) is 1. The number of anilines is 1. The molecule has 2 aliphatic heterocycles. The molecule has 1 amide bonds. The van der Waals surface area contributed by atoms with Gasteiger partial charge in [-0.3, -0.25) is 9.59 Å². The van der Waals surface area contributed by atoms with Gasteiger partial charge in [-0.15, -0.1) is 12.4 Å². The van der Waals surface area contributed by atoms with Gasteiger partial charge in [0, 0.05) is 24.7 Å². The van der Waals surface area contributed by atoms with E-state index in [1.165, 1.54) is 11.0 Å². The van der Waals surface area contributed by atoms with Crippen LogP contribution in [0.1, 0.15) is 48.0 Å². The van der Waals surface area contributed by atoms with Gasteiger partial charge in [-0.05, 0) is 61.4 Å². The largest absolute Gasteiger partial charge is 0.381 e. The minimum absolute atomic E-state index is 0. The van der Waals surface area contributed by atoms with Crippen LogP contribution in [-0.2, 0) is 25.9 Å². The second kappa shape index (κ2) is 12.0. The lowest BCUT2D eigenvalue weighted by atomic mass is 9.93. The topological polar surface area (TPSA) is 107 Å². The molecule has 0 spiro atoms.